The lowest BCUT2D eigenvalue weighted by Gasteiger charge is -2.14. The van der Waals surface area contributed by atoms with Crippen molar-refractivity contribution >= 4 is 5.91 Å². The smallest absolute Gasteiger partial charge is 0.223 e. The molecule has 1 aliphatic rings. The second-order valence-electron chi connectivity index (χ2n) is 6.74. The number of carbonyl (C=O) groups is 1. The first-order valence-corrected chi connectivity index (χ1v) is 9.11. The molecule has 0 saturated heterocycles. The van der Waals surface area contributed by atoms with Crippen LogP contribution in [0, 0.1) is 19.8 Å². The number of amides is 1. The summed E-state index contributed by atoms with van der Waals surface area (Å²) in [5, 5.41) is 7.70. The molecule has 25 heavy (non-hydrogen) atoms. The summed E-state index contributed by atoms with van der Waals surface area (Å²) in [6.45, 7) is 8.27. The number of ether oxygens (including phenoxy) is 1. The third-order valence-electron chi connectivity index (χ3n) is 4.94. The summed E-state index contributed by atoms with van der Waals surface area (Å²) < 4.78 is 7.80. The van der Waals surface area contributed by atoms with Crippen molar-refractivity contribution in [2.24, 2.45) is 5.92 Å². The molecule has 1 aromatic heterocycles. The Morgan fingerprint density at radius 1 is 1.36 bits per heavy atom. The highest BCUT2D eigenvalue weighted by molar-refractivity contribution is 5.79. The van der Waals surface area contributed by atoms with E-state index in [1.807, 2.05) is 35.9 Å². The molecular weight excluding hydrogens is 314 g/mol. The number of nitrogens with zero attached hydrogens (tertiary/aromatic N) is 2. The fourth-order valence-corrected chi connectivity index (χ4v) is 3.45. The number of rotatable bonds is 5. The minimum absolute atomic E-state index is 0.0463. The normalized spacial score (nSPS) is 16.7. The van der Waals surface area contributed by atoms with Gasteiger partial charge >= 0.3 is 0 Å². The molecule has 1 amide bonds. The molecule has 0 saturated carbocycles. The number of aryl methyl sites for hydroxylation is 2. The topological polar surface area (TPSA) is 56.2 Å². The maximum atomic E-state index is 12.7. The average Bonchev–Trinajstić information content (AvgIpc) is 2.78. The van der Waals surface area contributed by atoms with Crippen molar-refractivity contribution in [1.82, 2.24) is 15.1 Å². The van der Waals surface area contributed by atoms with Crippen LogP contribution in [0.3, 0.4) is 0 Å². The maximum Gasteiger partial charge on any atom is 0.223 e. The largest absolute Gasteiger partial charge is 0.493 e. The number of aromatic nitrogens is 2. The number of para-hydroxylation sites is 1. The highest BCUT2D eigenvalue weighted by Gasteiger charge is 2.24. The van der Waals surface area contributed by atoms with Crippen molar-refractivity contribution in [2.75, 3.05) is 6.61 Å². The van der Waals surface area contributed by atoms with Gasteiger partial charge in [-0.2, -0.15) is 5.10 Å². The van der Waals surface area contributed by atoms with Gasteiger partial charge in [-0.25, -0.2) is 0 Å². The molecule has 0 radical (unpaired) electrons. The highest BCUT2D eigenvalue weighted by atomic mass is 16.5. The van der Waals surface area contributed by atoms with Crippen LogP contribution in [0.4, 0.5) is 0 Å². The van der Waals surface area contributed by atoms with E-state index in [4.69, 9.17) is 4.74 Å². The van der Waals surface area contributed by atoms with E-state index >= 15 is 0 Å². The lowest BCUT2D eigenvalue weighted by Crippen LogP contribution is -2.32. The van der Waals surface area contributed by atoms with Gasteiger partial charge in [0.1, 0.15) is 5.75 Å². The molecule has 0 unspecified atom stereocenters. The Morgan fingerprint density at radius 2 is 2.16 bits per heavy atom. The lowest BCUT2D eigenvalue weighted by atomic mass is 9.96. The van der Waals surface area contributed by atoms with E-state index in [1.54, 1.807) is 0 Å². The number of carbonyl (C=O) groups excluding carboxylic acids is 1. The SMILES string of the molecule is CCCn1nc(C)c(CNC(=O)[C@@H]2CCOc3ccccc3C2)c1C. The fourth-order valence-electron chi connectivity index (χ4n) is 3.45. The van der Waals surface area contributed by atoms with Crippen molar-refractivity contribution in [2.45, 2.75) is 53.1 Å². The summed E-state index contributed by atoms with van der Waals surface area (Å²) in [5.41, 5.74) is 4.39. The molecule has 0 aliphatic carbocycles. The summed E-state index contributed by atoms with van der Waals surface area (Å²) >= 11 is 0. The van der Waals surface area contributed by atoms with Gasteiger partial charge in [0.15, 0.2) is 0 Å². The Balaban J connectivity index is 1.65. The predicted octanol–water partition coefficient (Wildman–Crippen LogP) is 3.17. The first-order chi connectivity index (χ1) is 12.1. The highest BCUT2D eigenvalue weighted by Crippen LogP contribution is 2.26. The molecule has 1 N–H and O–H groups in total. The summed E-state index contributed by atoms with van der Waals surface area (Å²) in [6.07, 6.45) is 2.53. The Bertz CT molecular complexity index is 751. The fraction of sp³-hybridized carbons (Fsp3) is 0.500. The number of hydrogen-bond donors (Lipinski definition) is 1. The molecule has 5 heteroatoms. The average molecular weight is 341 g/mol. The molecule has 2 aromatic rings. The molecule has 1 aromatic carbocycles. The molecule has 0 spiro atoms. The van der Waals surface area contributed by atoms with Gasteiger partial charge in [-0.15, -0.1) is 0 Å². The number of nitrogens with one attached hydrogen (secondary N) is 1. The molecule has 1 atom stereocenters. The zero-order chi connectivity index (χ0) is 17.8. The van der Waals surface area contributed by atoms with E-state index in [0.717, 1.165) is 54.1 Å². The van der Waals surface area contributed by atoms with Gasteiger partial charge in [0.2, 0.25) is 5.91 Å². The van der Waals surface area contributed by atoms with Gasteiger partial charge in [0.05, 0.1) is 12.3 Å². The quantitative estimate of drug-likeness (QED) is 0.909. The molecule has 0 fully saturated rings. The molecule has 0 bridgehead atoms. The van der Waals surface area contributed by atoms with Gasteiger partial charge in [0.25, 0.3) is 0 Å². The number of benzene rings is 1. The van der Waals surface area contributed by atoms with Crippen LogP contribution in [0.2, 0.25) is 0 Å². The van der Waals surface area contributed by atoms with Crippen LogP contribution in [0.1, 0.15) is 42.3 Å². The van der Waals surface area contributed by atoms with Crippen LogP contribution in [0.25, 0.3) is 0 Å². The van der Waals surface area contributed by atoms with E-state index in [-0.39, 0.29) is 11.8 Å². The maximum absolute atomic E-state index is 12.7. The van der Waals surface area contributed by atoms with Crippen LogP contribution in [-0.4, -0.2) is 22.3 Å². The number of hydrogen-bond acceptors (Lipinski definition) is 3. The summed E-state index contributed by atoms with van der Waals surface area (Å²) in [5.74, 6) is 0.961. The molecule has 2 heterocycles. The van der Waals surface area contributed by atoms with Crippen LogP contribution in [-0.2, 0) is 24.3 Å². The Kier molecular flexibility index (Phi) is 5.41. The molecule has 1 aliphatic heterocycles. The summed E-state index contributed by atoms with van der Waals surface area (Å²) in [7, 11) is 0. The Morgan fingerprint density at radius 3 is 2.96 bits per heavy atom. The monoisotopic (exact) mass is 341 g/mol. The van der Waals surface area contributed by atoms with Crippen LogP contribution < -0.4 is 10.1 Å². The Hall–Kier alpha value is -2.30. The van der Waals surface area contributed by atoms with Gasteiger partial charge < -0.3 is 10.1 Å². The van der Waals surface area contributed by atoms with Crippen molar-refractivity contribution in [3.05, 3.63) is 46.8 Å². The zero-order valence-electron chi connectivity index (χ0n) is 15.3. The predicted molar refractivity (Wildman–Crippen MR) is 97.6 cm³/mol. The van der Waals surface area contributed by atoms with Crippen LogP contribution >= 0.6 is 0 Å². The van der Waals surface area contributed by atoms with Gasteiger partial charge in [-0.05, 0) is 44.7 Å². The minimum Gasteiger partial charge on any atom is -0.493 e. The van der Waals surface area contributed by atoms with Gasteiger partial charge in [-0.3, -0.25) is 9.48 Å². The zero-order valence-corrected chi connectivity index (χ0v) is 15.3. The molecule has 5 nitrogen and oxygen atoms in total. The van der Waals surface area contributed by atoms with Gasteiger partial charge in [0, 0.05) is 30.3 Å². The van der Waals surface area contributed by atoms with Crippen molar-refractivity contribution in [3.63, 3.8) is 0 Å². The van der Waals surface area contributed by atoms with E-state index in [9.17, 15) is 4.79 Å². The van der Waals surface area contributed by atoms with Crippen molar-refractivity contribution in [3.8, 4) is 5.75 Å². The third-order valence-corrected chi connectivity index (χ3v) is 4.94. The standard InChI is InChI=1S/C20H27N3O2/c1-4-10-23-15(3)18(14(2)22-23)13-21-20(24)17-9-11-25-19-8-6-5-7-16(19)12-17/h5-8,17H,4,9-13H2,1-3H3,(H,21,24)/t17-/m1/s1. The van der Waals surface area contributed by atoms with E-state index in [1.165, 1.54) is 0 Å². The second-order valence-corrected chi connectivity index (χ2v) is 6.74. The van der Waals surface area contributed by atoms with Crippen molar-refractivity contribution in [1.29, 1.82) is 0 Å². The van der Waals surface area contributed by atoms with E-state index < -0.39 is 0 Å². The summed E-state index contributed by atoms with van der Waals surface area (Å²) in [4.78, 5) is 12.7. The first kappa shape index (κ1) is 17.5. The Labute approximate surface area is 149 Å². The van der Waals surface area contributed by atoms with Crippen LogP contribution in [0.5, 0.6) is 5.75 Å². The minimum atomic E-state index is -0.0463. The van der Waals surface area contributed by atoms with Crippen LogP contribution in [0.15, 0.2) is 24.3 Å². The van der Waals surface area contributed by atoms with E-state index in [2.05, 4.69) is 24.3 Å². The van der Waals surface area contributed by atoms with Crippen molar-refractivity contribution < 1.29 is 9.53 Å². The third kappa shape index (κ3) is 3.86. The van der Waals surface area contributed by atoms with Gasteiger partial charge in [-0.1, -0.05) is 25.1 Å². The number of fused-ring (bicyclic) bond motifs is 1. The second kappa shape index (κ2) is 7.72. The van der Waals surface area contributed by atoms with E-state index in [0.29, 0.717) is 13.2 Å². The first-order valence-electron chi connectivity index (χ1n) is 9.11. The molecular formula is C20H27N3O2. The lowest BCUT2D eigenvalue weighted by molar-refractivity contribution is -0.125. The molecule has 3 rings (SSSR count). The molecule has 134 valence electrons. The summed E-state index contributed by atoms with van der Waals surface area (Å²) in [6, 6.07) is 7.99.